The fourth-order valence-corrected chi connectivity index (χ4v) is 7.05. The first-order valence-electron chi connectivity index (χ1n) is 12.4. The molecule has 0 N–H and O–H groups in total. The first-order valence-corrected chi connectivity index (χ1v) is 15.3. The Morgan fingerprint density at radius 2 is 1.55 bits per heavy atom. The number of ketones is 1. The maximum absolute atomic E-state index is 13.8. The van der Waals surface area contributed by atoms with Crippen molar-refractivity contribution in [1.29, 1.82) is 0 Å². The fraction of sp³-hybridized carbons (Fsp3) is 0.741. The third kappa shape index (κ3) is 5.42. The van der Waals surface area contributed by atoms with Gasteiger partial charge in [0.05, 0.1) is 11.7 Å². The van der Waals surface area contributed by atoms with Gasteiger partial charge in [0.15, 0.2) is 8.32 Å². The number of hydrogen-bond donors (Lipinski definition) is 0. The Morgan fingerprint density at radius 1 is 1.00 bits per heavy atom. The molecule has 2 saturated carbocycles. The lowest BCUT2D eigenvalue weighted by molar-refractivity contribution is -0.137. The number of rotatable bonds is 5. The molecular weight excluding hydrogens is 441 g/mol. The van der Waals surface area contributed by atoms with Crippen LogP contribution in [0.2, 0.25) is 18.1 Å². The summed E-state index contributed by atoms with van der Waals surface area (Å²) in [5.41, 5.74) is -0.452. The molecule has 1 aromatic rings. The first-order chi connectivity index (χ1) is 15.1. The van der Waals surface area contributed by atoms with Crippen LogP contribution in [0.4, 0.5) is 13.2 Å². The van der Waals surface area contributed by atoms with E-state index in [-0.39, 0.29) is 28.8 Å². The normalized spacial score (nSPS) is 27.2. The summed E-state index contributed by atoms with van der Waals surface area (Å²) in [5, 5.41) is 0.0365. The zero-order chi connectivity index (χ0) is 24.8. The predicted molar refractivity (Wildman–Crippen MR) is 130 cm³/mol. The monoisotopic (exact) mass is 482 g/mol. The van der Waals surface area contributed by atoms with Gasteiger partial charge in [-0.2, -0.15) is 13.2 Å². The summed E-state index contributed by atoms with van der Waals surface area (Å²) >= 11 is 0. The van der Waals surface area contributed by atoms with E-state index in [1.807, 2.05) is 13.8 Å². The van der Waals surface area contributed by atoms with Crippen molar-refractivity contribution < 1.29 is 22.4 Å². The summed E-state index contributed by atoms with van der Waals surface area (Å²) in [7, 11) is -2.12. The summed E-state index contributed by atoms with van der Waals surface area (Å²) in [6.07, 6.45) is 1.79. The van der Waals surface area contributed by atoms with Crippen LogP contribution in [0, 0.1) is 23.2 Å². The van der Waals surface area contributed by atoms with Crippen molar-refractivity contribution in [3.63, 3.8) is 0 Å². The third-order valence-corrected chi connectivity index (χ3v) is 13.1. The van der Waals surface area contributed by atoms with Crippen LogP contribution < -0.4 is 0 Å². The molecule has 2 aliphatic carbocycles. The Labute approximate surface area is 198 Å². The van der Waals surface area contributed by atoms with E-state index in [0.717, 1.165) is 30.5 Å². The maximum atomic E-state index is 13.8. The minimum atomic E-state index is -4.35. The second kappa shape index (κ2) is 9.14. The number of carbonyl (C=O) groups is 1. The summed E-state index contributed by atoms with van der Waals surface area (Å²) in [6.45, 7) is 15.2. The number of halogens is 3. The van der Waals surface area contributed by atoms with Gasteiger partial charge >= 0.3 is 6.18 Å². The standard InChI is InChI=1S/C27H41F3O2Si/c1-25(2,3)33(6,7)32-24-22(19-11-9-8-10-12-19)21(23(31)26(24,4)5)17-18-13-15-20(16-14-18)27(28,29)30/h13-16,19,21-22,24H,8-12,17H2,1-7H3/t21-,22-,24+/m1/s1. The lowest BCUT2D eigenvalue weighted by Crippen LogP contribution is -2.50. The van der Waals surface area contributed by atoms with Crippen LogP contribution in [-0.2, 0) is 21.8 Å². The van der Waals surface area contributed by atoms with Gasteiger partial charge in [0.25, 0.3) is 0 Å². The number of carbonyl (C=O) groups excluding carboxylic acids is 1. The molecule has 3 atom stereocenters. The van der Waals surface area contributed by atoms with E-state index in [1.165, 1.54) is 19.3 Å². The van der Waals surface area contributed by atoms with Crippen molar-refractivity contribution in [3.05, 3.63) is 35.4 Å². The molecule has 2 nitrogen and oxygen atoms in total. The average molecular weight is 483 g/mol. The summed E-state index contributed by atoms with van der Waals surface area (Å²) in [5.74, 6) is 0.541. The quantitative estimate of drug-likeness (QED) is 0.397. The minimum Gasteiger partial charge on any atom is -0.413 e. The highest BCUT2D eigenvalue weighted by molar-refractivity contribution is 6.74. The molecule has 33 heavy (non-hydrogen) atoms. The highest BCUT2D eigenvalue weighted by atomic mass is 28.4. The first kappa shape index (κ1) is 26.5. The van der Waals surface area contributed by atoms with Gasteiger partial charge in [0.2, 0.25) is 0 Å². The van der Waals surface area contributed by atoms with E-state index in [2.05, 4.69) is 33.9 Å². The lowest BCUT2D eigenvalue weighted by Gasteiger charge is -2.45. The SMILES string of the molecule is CC1(C)C(=O)[C@H](Cc2ccc(C(F)(F)F)cc2)[C@@H](C2CCCCC2)[C@@H]1O[Si](C)(C)C(C)(C)C. The van der Waals surface area contributed by atoms with E-state index in [9.17, 15) is 18.0 Å². The fourth-order valence-electron chi connectivity index (χ4n) is 5.61. The molecule has 0 radical (unpaired) electrons. The third-order valence-electron chi connectivity index (χ3n) is 8.66. The number of Topliss-reactive ketones (excluding diaryl/α,β-unsaturated/α-hetero) is 1. The van der Waals surface area contributed by atoms with Gasteiger partial charge in [-0.1, -0.05) is 78.9 Å². The van der Waals surface area contributed by atoms with Crippen LogP contribution in [0.5, 0.6) is 0 Å². The molecule has 0 unspecified atom stereocenters. The van der Waals surface area contributed by atoms with E-state index in [0.29, 0.717) is 12.3 Å². The van der Waals surface area contributed by atoms with Gasteiger partial charge < -0.3 is 4.43 Å². The molecule has 3 rings (SSSR count). The Bertz CT molecular complexity index is 830. The van der Waals surface area contributed by atoms with E-state index < -0.39 is 25.5 Å². The van der Waals surface area contributed by atoms with Crippen molar-refractivity contribution >= 4 is 14.1 Å². The van der Waals surface area contributed by atoms with Gasteiger partial charge in [-0.15, -0.1) is 0 Å². The van der Waals surface area contributed by atoms with Gasteiger partial charge in [0.1, 0.15) is 5.78 Å². The van der Waals surface area contributed by atoms with Gasteiger partial charge in [-0.05, 0) is 54.1 Å². The second-order valence-electron chi connectivity index (χ2n) is 12.4. The average Bonchev–Trinajstić information content (AvgIpc) is 2.88. The van der Waals surface area contributed by atoms with E-state index in [4.69, 9.17) is 4.43 Å². The minimum absolute atomic E-state index is 0.0365. The largest absolute Gasteiger partial charge is 0.416 e. The van der Waals surface area contributed by atoms with Crippen LogP contribution in [0.3, 0.4) is 0 Å². The Morgan fingerprint density at radius 3 is 2.03 bits per heavy atom. The van der Waals surface area contributed by atoms with Gasteiger partial charge in [-0.3, -0.25) is 4.79 Å². The smallest absolute Gasteiger partial charge is 0.413 e. The summed E-state index contributed by atoms with van der Waals surface area (Å²) in [4.78, 5) is 13.8. The molecule has 0 heterocycles. The Balaban J connectivity index is 1.96. The van der Waals surface area contributed by atoms with Gasteiger partial charge in [0, 0.05) is 11.3 Å². The molecule has 0 bridgehead atoms. The number of alkyl halides is 3. The maximum Gasteiger partial charge on any atom is 0.416 e. The number of hydrogen-bond acceptors (Lipinski definition) is 2. The molecule has 2 fully saturated rings. The van der Waals surface area contributed by atoms with Crippen molar-refractivity contribution in [2.45, 2.75) is 104 Å². The van der Waals surface area contributed by atoms with Crippen LogP contribution in [0.1, 0.15) is 77.8 Å². The van der Waals surface area contributed by atoms with Crippen molar-refractivity contribution in [3.8, 4) is 0 Å². The summed E-state index contributed by atoms with van der Waals surface area (Å²) in [6, 6.07) is 5.37. The molecule has 186 valence electrons. The molecule has 0 saturated heterocycles. The highest BCUT2D eigenvalue weighted by Gasteiger charge is 2.59. The van der Waals surface area contributed by atoms with Crippen LogP contribution in [-0.4, -0.2) is 20.2 Å². The van der Waals surface area contributed by atoms with Crippen LogP contribution in [0.15, 0.2) is 24.3 Å². The molecule has 0 spiro atoms. The van der Waals surface area contributed by atoms with Crippen molar-refractivity contribution in [1.82, 2.24) is 0 Å². The number of benzene rings is 1. The van der Waals surface area contributed by atoms with Crippen molar-refractivity contribution in [2.75, 3.05) is 0 Å². The topological polar surface area (TPSA) is 26.3 Å². The zero-order valence-electron chi connectivity index (χ0n) is 21.3. The Hall–Kier alpha value is -1.14. The lowest BCUT2D eigenvalue weighted by atomic mass is 9.72. The highest BCUT2D eigenvalue weighted by Crippen LogP contribution is 2.53. The molecule has 1 aromatic carbocycles. The molecule has 2 aliphatic rings. The molecular formula is C27H41F3O2Si. The van der Waals surface area contributed by atoms with E-state index >= 15 is 0 Å². The van der Waals surface area contributed by atoms with Crippen LogP contribution >= 0.6 is 0 Å². The molecule has 6 heteroatoms. The van der Waals surface area contributed by atoms with Crippen molar-refractivity contribution in [2.24, 2.45) is 23.2 Å². The molecule has 0 amide bonds. The van der Waals surface area contributed by atoms with Gasteiger partial charge in [-0.25, -0.2) is 0 Å². The molecule has 0 aliphatic heterocycles. The Kier molecular flexibility index (Phi) is 7.33. The predicted octanol–water partition coefficient (Wildman–Crippen LogP) is 8.06. The zero-order valence-corrected chi connectivity index (χ0v) is 22.3. The molecule has 0 aromatic heterocycles. The van der Waals surface area contributed by atoms with E-state index in [1.54, 1.807) is 12.1 Å². The summed E-state index contributed by atoms with van der Waals surface area (Å²) < 4.78 is 46.1. The second-order valence-corrected chi connectivity index (χ2v) is 17.1. The van der Waals surface area contributed by atoms with Crippen LogP contribution in [0.25, 0.3) is 0 Å².